The molecule has 1 aromatic heterocycles. The van der Waals surface area contributed by atoms with Crippen molar-refractivity contribution in [2.24, 2.45) is 10.9 Å². The molecule has 0 aromatic carbocycles. The average Bonchev–Trinajstić information content (AvgIpc) is 3.05. The van der Waals surface area contributed by atoms with Gasteiger partial charge in [0.25, 0.3) is 0 Å². The van der Waals surface area contributed by atoms with Crippen LogP contribution in [0.3, 0.4) is 0 Å². The Morgan fingerprint density at radius 3 is 3.00 bits per heavy atom. The molecule has 1 aromatic rings. The average molecular weight is 309 g/mol. The van der Waals surface area contributed by atoms with Crippen LogP contribution >= 0.6 is 11.3 Å². The van der Waals surface area contributed by atoms with E-state index in [9.17, 15) is 0 Å². The Hall–Kier alpha value is -1.14. The van der Waals surface area contributed by atoms with Crippen LogP contribution in [0, 0.1) is 12.8 Å². The van der Waals surface area contributed by atoms with Crippen LogP contribution in [0.1, 0.15) is 23.2 Å². The number of likely N-dealkylation sites (tertiary alicyclic amines) is 1. The Morgan fingerprint density at radius 2 is 2.38 bits per heavy atom. The lowest BCUT2D eigenvalue weighted by Crippen LogP contribution is -2.38. The van der Waals surface area contributed by atoms with Crippen LogP contribution < -0.4 is 10.6 Å². The molecule has 0 radical (unpaired) electrons. The van der Waals surface area contributed by atoms with Gasteiger partial charge in [-0.05, 0) is 39.8 Å². The van der Waals surface area contributed by atoms with Crippen molar-refractivity contribution in [1.82, 2.24) is 20.5 Å². The maximum atomic E-state index is 4.72. The molecule has 1 fully saturated rings. The molecule has 1 aliphatic heterocycles. The number of aryl methyl sites for hydroxylation is 1. The topological polar surface area (TPSA) is 52.6 Å². The first-order chi connectivity index (χ1) is 10.2. The molecule has 21 heavy (non-hydrogen) atoms. The molecule has 5 nitrogen and oxygen atoms in total. The number of guanidine groups is 1. The summed E-state index contributed by atoms with van der Waals surface area (Å²) in [7, 11) is 2.18. The van der Waals surface area contributed by atoms with E-state index in [4.69, 9.17) is 4.99 Å². The summed E-state index contributed by atoms with van der Waals surface area (Å²) in [6.07, 6.45) is 4.16. The smallest absolute Gasteiger partial charge is 0.191 e. The van der Waals surface area contributed by atoms with Crippen LogP contribution in [0.4, 0.5) is 0 Å². The third kappa shape index (κ3) is 5.63. The van der Waals surface area contributed by atoms with Crippen molar-refractivity contribution in [2.75, 3.05) is 39.8 Å². The van der Waals surface area contributed by atoms with Crippen molar-refractivity contribution in [3.8, 4) is 0 Å². The molecular weight excluding hydrogens is 282 g/mol. The van der Waals surface area contributed by atoms with E-state index >= 15 is 0 Å². The second-order valence-corrected chi connectivity index (χ2v) is 7.00. The Balaban J connectivity index is 1.75. The van der Waals surface area contributed by atoms with Gasteiger partial charge >= 0.3 is 0 Å². The number of aromatic nitrogens is 1. The maximum Gasteiger partial charge on any atom is 0.191 e. The van der Waals surface area contributed by atoms with Gasteiger partial charge < -0.3 is 15.5 Å². The van der Waals surface area contributed by atoms with Gasteiger partial charge in [0.1, 0.15) is 0 Å². The first-order valence-corrected chi connectivity index (χ1v) is 8.61. The fourth-order valence-electron chi connectivity index (χ4n) is 2.54. The second kappa shape index (κ2) is 8.34. The molecule has 0 amide bonds. The van der Waals surface area contributed by atoms with Crippen molar-refractivity contribution in [3.05, 3.63) is 16.1 Å². The first-order valence-electron chi connectivity index (χ1n) is 7.79. The summed E-state index contributed by atoms with van der Waals surface area (Å²) < 4.78 is 0. The van der Waals surface area contributed by atoms with Crippen LogP contribution in [-0.4, -0.2) is 55.6 Å². The molecule has 1 saturated heterocycles. The maximum absolute atomic E-state index is 4.72. The molecule has 1 aliphatic rings. The van der Waals surface area contributed by atoms with Crippen molar-refractivity contribution in [3.63, 3.8) is 0 Å². The monoisotopic (exact) mass is 309 g/mol. The number of nitrogens with one attached hydrogen (secondary N) is 2. The molecule has 0 bridgehead atoms. The summed E-state index contributed by atoms with van der Waals surface area (Å²) >= 11 is 1.77. The SMILES string of the molecule is CCNC(=NCC1CCN(C)C1)NCCc1ncc(C)s1. The number of rotatable bonds is 6. The summed E-state index contributed by atoms with van der Waals surface area (Å²) in [5.74, 6) is 1.63. The van der Waals surface area contributed by atoms with Crippen molar-refractivity contribution in [1.29, 1.82) is 0 Å². The van der Waals surface area contributed by atoms with Gasteiger partial charge in [-0.25, -0.2) is 4.98 Å². The normalized spacial score (nSPS) is 20.0. The third-order valence-electron chi connectivity index (χ3n) is 3.64. The standard InChI is InChI=1S/C15H27N5S/c1-4-16-15(19-10-13-6-8-20(3)11-13)17-7-5-14-18-9-12(2)21-14/h9,13H,4-8,10-11H2,1-3H3,(H2,16,17,19). The van der Waals surface area contributed by atoms with Crippen molar-refractivity contribution in [2.45, 2.75) is 26.7 Å². The van der Waals surface area contributed by atoms with E-state index in [0.29, 0.717) is 5.92 Å². The van der Waals surface area contributed by atoms with Gasteiger partial charge in [0.05, 0.1) is 5.01 Å². The fraction of sp³-hybridized carbons (Fsp3) is 0.733. The minimum absolute atomic E-state index is 0.701. The second-order valence-electron chi connectivity index (χ2n) is 5.68. The van der Waals surface area contributed by atoms with Gasteiger partial charge in [0, 0.05) is 43.7 Å². The van der Waals surface area contributed by atoms with E-state index in [2.05, 4.69) is 41.4 Å². The summed E-state index contributed by atoms with van der Waals surface area (Å²) in [5, 5.41) is 7.91. The highest BCUT2D eigenvalue weighted by atomic mass is 32.1. The van der Waals surface area contributed by atoms with Gasteiger partial charge in [-0.3, -0.25) is 4.99 Å². The molecular formula is C15H27N5S. The van der Waals surface area contributed by atoms with E-state index in [1.807, 2.05) is 6.20 Å². The number of hydrogen-bond acceptors (Lipinski definition) is 4. The predicted octanol–water partition coefficient (Wildman–Crippen LogP) is 1.50. The zero-order valence-electron chi connectivity index (χ0n) is 13.4. The molecule has 2 heterocycles. The molecule has 118 valence electrons. The molecule has 0 spiro atoms. The highest BCUT2D eigenvalue weighted by Crippen LogP contribution is 2.14. The van der Waals surface area contributed by atoms with E-state index in [0.717, 1.165) is 32.0 Å². The molecule has 1 unspecified atom stereocenters. The number of hydrogen-bond donors (Lipinski definition) is 2. The summed E-state index contributed by atoms with van der Waals surface area (Å²) in [4.78, 5) is 12.8. The number of nitrogens with zero attached hydrogens (tertiary/aromatic N) is 3. The van der Waals surface area contributed by atoms with E-state index in [1.54, 1.807) is 11.3 Å². The zero-order chi connectivity index (χ0) is 15.1. The van der Waals surface area contributed by atoms with E-state index in [1.165, 1.54) is 29.4 Å². The first kappa shape index (κ1) is 16.2. The minimum atomic E-state index is 0.701. The van der Waals surface area contributed by atoms with Gasteiger partial charge in [-0.15, -0.1) is 11.3 Å². The largest absolute Gasteiger partial charge is 0.357 e. The Kier molecular flexibility index (Phi) is 6.45. The van der Waals surface area contributed by atoms with E-state index < -0.39 is 0 Å². The van der Waals surface area contributed by atoms with Crippen LogP contribution in [0.2, 0.25) is 0 Å². The Labute approximate surface area is 131 Å². The molecule has 2 N–H and O–H groups in total. The van der Waals surface area contributed by atoms with Crippen LogP contribution in [0.5, 0.6) is 0 Å². The molecule has 6 heteroatoms. The van der Waals surface area contributed by atoms with Gasteiger partial charge in [-0.2, -0.15) is 0 Å². The number of aliphatic imine (C=N–C) groups is 1. The summed E-state index contributed by atoms with van der Waals surface area (Å²) in [5.41, 5.74) is 0. The number of thiazole rings is 1. The predicted molar refractivity (Wildman–Crippen MR) is 90.1 cm³/mol. The molecule has 0 aliphatic carbocycles. The molecule has 0 saturated carbocycles. The van der Waals surface area contributed by atoms with Crippen molar-refractivity contribution < 1.29 is 0 Å². The molecule has 2 rings (SSSR count). The van der Waals surface area contributed by atoms with Gasteiger partial charge in [0.15, 0.2) is 5.96 Å². The lowest BCUT2D eigenvalue weighted by Gasteiger charge is -2.12. The fourth-order valence-corrected chi connectivity index (χ4v) is 3.33. The lowest BCUT2D eigenvalue weighted by molar-refractivity contribution is 0.397. The van der Waals surface area contributed by atoms with Gasteiger partial charge in [0.2, 0.25) is 0 Å². The lowest BCUT2D eigenvalue weighted by atomic mass is 10.1. The summed E-state index contributed by atoms with van der Waals surface area (Å²) in [6.45, 7) is 9.25. The highest BCUT2D eigenvalue weighted by Gasteiger charge is 2.18. The third-order valence-corrected chi connectivity index (χ3v) is 4.61. The minimum Gasteiger partial charge on any atom is -0.357 e. The zero-order valence-corrected chi connectivity index (χ0v) is 14.2. The van der Waals surface area contributed by atoms with E-state index in [-0.39, 0.29) is 0 Å². The van der Waals surface area contributed by atoms with Crippen LogP contribution in [0.25, 0.3) is 0 Å². The Bertz CT molecular complexity index is 457. The quantitative estimate of drug-likeness (QED) is 0.618. The summed E-state index contributed by atoms with van der Waals surface area (Å²) in [6, 6.07) is 0. The van der Waals surface area contributed by atoms with Crippen LogP contribution in [-0.2, 0) is 6.42 Å². The van der Waals surface area contributed by atoms with Crippen molar-refractivity contribution >= 4 is 17.3 Å². The Morgan fingerprint density at radius 1 is 1.52 bits per heavy atom. The molecule has 1 atom stereocenters. The highest BCUT2D eigenvalue weighted by molar-refractivity contribution is 7.11. The van der Waals surface area contributed by atoms with Gasteiger partial charge in [-0.1, -0.05) is 0 Å². The van der Waals surface area contributed by atoms with Crippen LogP contribution in [0.15, 0.2) is 11.2 Å².